The van der Waals surface area contributed by atoms with Gasteiger partial charge in [0.05, 0.1) is 5.69 Å². The minimum absolute atomic E-state index is 0.0171. The molecule has 0 aliphatic carbocycles. The molecule has 0 bridgehead atoms. The highest BCUT2D eigenvalue weighted by Crippen LogP contribution is 2.29. The second-order valence-corrected chi connectivity index (χ2v) is 5.86. The largest absolute Gasteiger partial charge is 0.482 e. The summed E-state index contributed by atoms with van der Waals surface area (Å²) >= 11 is 0. The van der Waals surface area contributed by atoms with Crippen molar-refractivity contribution in [3.05, 3.63) is 23.8 Å². The van der Waals surface area contributed by atoms with Gasteiger partial charge in [-0.3, -0.25) is 9.59 Å². The topological polar surface area (TPSA) is 70.7 Å². The van der Waals surface area contributed by atoms with E-state index in [1.807, 2.05) is 11.9 Å². The molecule has 2 heterocycles. The van der Waals surface area contributed by atoms with Gasteiger partial charge in [0.2, 0.25) is 0 Å². The molecule has 0 saturated carbocycles. The lowest BCUT2D eigenvalue weighted by molar-refractivity contribution is -0.118. The van der Waals surface area contributed by atoms with Crippen LogP contribution in [0.15, 0.2) is 18.2 Å². The maximum atomic E-state index is 12.7. The van der Waals surface area contributed by atoms with E-state index in [4.69, 9.17) is 4.74 Å². The second kappa shape index (κ2) is 6.36. The normalized spacial score (nSPS) is 20.9. The van der Waals surface area contributed by atoms with E-state index in [0.29, 0.717) is 22.9 Å². The fourth-order valence-corrected chi connectivity index (χ4v) is 3.10. The molecule has 0 spiro atoms. The molecule has 2 aliphatic rings. The van der Waals surface area contributed by atoms with Crippen molar-refractivity contribution in [1.82, 2.24) is 10.2 Å². The Bertz CT molecular complexity index is 586. The molecular weight excluding hydrogens is 282 g/mol. The maximum absolute atomic E-state index is 12.7. The predicted molar refractivity (Wildman–Crippen MR) is 83.1 cm³/mol. The van der Waals surface area contributed by atoms with E-state index in [0.717, 1.165) is 32.5 Å². The Morgan fingerprint density at radius 1 is 1.50 bits per heavy atom. The minimum Gasteiger partial charge on any atom is -0.482 e. The highest BCUT2D eigenvalue weighted by Gasteiger charge is 2.25. The van der Waals surface area contributed by atoms with Gasteiger partial charge in [-0.2, -0.15) is 0 Å². The average molecular weight is 303 g/mol. The molecule has 0 unspecified atom stereocenters. The fraction of sp³-hybridized carbons (Fsp3) is 0.500. The number of amides is 2. The Kier molecular flexibility index (Phi) is 4.29. The Hall–Kier alpha value is -2.08. The quantitative estimate of drug-likeness (QED) is 0.877. The number of anilines is 1. The summed E-state index contributed by atoms with van der Waals surface area (Å²) in [6, 6.07) is 5.22. The van der Waals surface area contributed by atoms with E-state index < -0.39 is 0 Å². The molecule has 6 nitrogen and oxygen atoms in total. The van der Waals surface area contributed by atoms with Gasteiger partial charge in [-0.1, -0.05) is 0 Å². The molecule has 2 amide bonds. The van der Waals surface area contributed by atoms with Gasteiger partial charge in [0.15, 0.2) is 6.61 Å². The van der Waals surface area contributed by atoms with Crippen LogP contribution in [0, 0.1) is 5.92 Å². The molecule has 6 heteroatoms. The number of carbonyl (C=O) groups is 2. The first-order valence-electron chi connectivity index (χ1n) is 7.68. The summed E-state index contributed by atoms with van der Waals surface area (Å²) in [4.78, 5) is 26.0. The zero-order chi connectivity index (χ0) is 15.5. The van der Waals surface area contributed by atoms with Crippen LogP contribution in [0.4, 0.5) is 5.69 Å². The van der Waals surface area contributed by atoms with Crippen LogP contribution in [0.2, 0.25) is 0 Å². The zero-order valence-corrected chi connectivity index (χ0v) is 12.7. The molecule has 1 fully saturated rings. The first kappa shape index (κ1) is 14.8. The molecule has 1 aromatic carbocycles. The van der Waals surface area contributed by atoms with E-state index in [9.17, 15) is 9.59 Å². The van der Waals surface area contributed by atoms with E-state index in [-0.39, 0.29) is 18.4 Å². The summed E-state index contributed by atoms with van der Waals surface area (Å²) < 4.78 is 5.32. The summed E-state index contributed by atoms with van der Waals surface area (Å²) in [5.74, 6) is 0.943. The van der Waals surface area contributed by atoms with Crippen LogP contribution in [0.1, 0.15) is 23.2 Å². The van der Waals surface area contributed by atoms with Gasteiger partial charge in [-0.25, -0.2) is 0 Å². The number of fused-ring (bicyclic) bond motifs is 1. The van der Waals surface area contributed by atoms with Crippen LogP contribution in [0.3, 0.4) is 0 Å². The number of nitrogens with one attached hydrogen (secondary N) is 2. The van der Waals surface area contributed by atoms with E-state index in [1.54, 1.807) is 18.2 Å². The van der Waals surface area contributed by atoms with E-state index in [2.05, 4.69) is 10.6 Å². The van der Waals surface area contributed by atoms with Crippen LogP contribution in [-0.2, 0) is 4.79 Å². The number of benzene rings is 1. The first-order valence-corrected chi connectivity index (χ1v) is 7.68. The third-order valence-corrected chi connectivity index (χ3v) is 4.16. The summed E-state index contributed by atoms with van der Waals surface area (Å²) in [7, 11) is 1.94. The molecule has 3 rings (SSSR count). The van der Waals surface area contributed by atoms with Crippen LogP contribution in [-0.4, -0.2) is 50.0 Å². The molecular formula is C16H21N3O3. The van der Waals surface area contributed by atoms with Crippen molar-refractivity contribution < 1.29 is 14.3 Å². The highest BCUT2D eigenvalue weighted by molar-refractivity contribution is 5.99. The zero-order valence-electron chi connectivity index (χ0n) is 12.7. The van der Waals surface area contributed by atoms with Crippen molar-refractivity contribution in [1.29, 1.82) is 0 Å². The number of hydrogen-bond acceptors (Lipinski definition) is 4. The van der Waals surface area contributed by atoms with Crippen LogP contribution < -0.4 is 15.4 Å². The Labute approximate surface area is 129 Å². The van der Waals surface area contributed by atoms with Crippen molar-refractivity contribution in [3.8, 4) is 5.75 Å². The van der Waals surface area contributed by atoms with Crippen molar-refractivity contribution in [3.63, 3.8) is 0 Å². The molecule has 0 aromatic heterocycles. The Morgan fingerprint density at radius 2 is 2.36 bits per heavy atom. The van der Waals surface area contributed by atoms with E-state index >= 15 is 0 Å². The molecule has 1 aromatic rings. The van der Waals surface area contributed by atoms with Gasteiger partial charge in [-0.05, 0) is 50.6 Å². The maximum Gasteiger partial charge on any atom is 0.262 e. The number of rotatable bonds is 3. The Balaban J connectivity index is 1.74. The summed E-state index contributed by atoms with van der Waals surface area (Å²) in [5.41, 5.74) is 1.17. The summed E-state index contributed by atoms with van der Waals surface area (Å²) in [6.45, 7) is 2.52. The first-order chi connectivity index (χ1) is 10.7. The van der Waals surface area contributed by atoms with Gasteiger partial charge in [0.1, 0.15) is 5.75 Å². The molecule has 118 valence electrons. The van der Waals surface area contributed by atoms with E-state index in [1.165, 1.54) is 0 Å². The predicted octanol–water partition coefficient (Wildman–Crippen LogP) is 1.09. The molecule has 0 radical (unpaired) electrons. The number of carbonyl (C=O) groups excluding carboxylic acids is 2. The lowest BCUT2D eigenvalue weighted by atomic mass is 9.97. The lowest BCUT2D eigenvalue weighted by Gasteiger charge is -2.33. The van der Waals surface area contributed by atoms with Gasteiger partial charge in [0.25, 0.3) is 11.8 Å². The van der Waals surface area contributed by atoms with Crippen molar-refractivity contribution in [2.45, 2.75) is 12.8 Å². The Morgan fingerprint density at radius 3 is 3.18 bits per heavy atom. The lowest BCUT2D eigenvalue weighted by Crippen LogP contribution is -2.42. The number of likely N-dealkylation sites (tertiary alicyclic amines) is 1. The third-order valence-electron chi connectivity index (χ3n) is 4.16. The van der Waals surface area contributed by atoms with Gasteiger partial charge < -0.3 is 20.3 Å². The number of hydrogen-bond donors (Lipinski definition) is 2. The molecule has 1 saturated heterocycles. The monoisotopic (exact) mass is 303 g/mol. The van der Waals surface area contributed by atoms with Crippen molar-refractivity contribution in [2.24, 2.45) is 5.92 Å². The molecule has 2 aliphatic heterocycles. The smallest absolute Gasteiger partial charge is 0.262 e. The van der Waals surface area contributed by atoms with Crippen molar-refractivity contribution >= 4 is 17.5 Å². The summed E-state index contributed by atoms with van der Waals surface area (Å²) in [6.07, 6.45) is 2.18. The van der Waals surface area contributed by atoms with Crippen molar-refractivity contribution in [2.75, 3.05) is 38.6 Å². The van der Waals surface area contributed by atoms with Crippen LogP contribution in [0.25, 0.3) is 0 Å². The SMILES string of the molecule is CNC[C@@H]1CCCN(C(=O)c2ccc3c(c2)NC(=O)CO3)C1. The highest BCUT2D eigenvalue weighted by atomic mass is 16.5. The number of nitrogens with zero attached hydrogens (tertiary/aromatic N) is 1. The third kappa shape index (κ3) is 3.06. The summed E-state index contributed by atoms with van der Waals surface area (Å²) in [5, 5.41) is 5.92. The number of ether oxygens (including phenoxy) is 1. The molecule has 2 N–H and O–H groups in total. The molecule has 22 heavy (non-hydrogen) atoms. The average Bonchev–Trinajstić information content (AvgIpc) is 2.54. The number of piperidine rings is 1. The standard InChI is InChI=1S/C16H21N3O3/c1-17-8-11-3-2-6-19(9-11)16(21)12-4-5-14-13(7-12)18-15(20)10-22-14/h4-5,7,11,17H,2-3,6,8-10H2,1H3,(H,18,20)/t11-/m0/s1. The van der Waals surface area contributed by atoms with Gasteiger partial charge >= 0.3 is 0 Å². The fourth-order valence-electron chi connectivity index (χ4n) is 3.10. The minimum atomic E-state index is -0.191. The van der Waals surface area contributed by atoms with Gasteiger partial charge in [0, 0.05) is 18.7 Å². The second-order valence-electron chi connectivity index (χ2n) is 5.86. The van der Waals surface area contributed by atoms with Gasteiger partial charge in [-0.15, -0.1) is 0 Å². The van der Waals surface area contributed by atoms with Crippen LogP contribution >= 0.6 is 0 Å². The molecule has 1 atom stereocenters. The van der Waals surface area contributed by atoms with Crippen LogP contribution in [0.5, 0.6) is 5.75 Å².